The van der Waals surface area contributed by atoms with Crippen LogP contribution in [0.25, 0.3) is 0 Å². The summed E-state index contributed by atoms with van der Waals surface area (Å²) in [6.45, 7) is 2.09. The van der Waals surface area contributed by atoms with E-state index in [9.17, 15) is 4.79 Å². The number of aromatic nitrogens is 4. The Morgan fingerprint density at radius 3 is 2.39 bits per heavy atom. The van der Waals surface area contributed by atoms with Gasteiger partial charge in [0.25, 0.3) is 0 Å². The van der Waals surface area contributed by atoms with Crippen molar-refractivity contribution in [1.82, 2.24) is 19.5 Å². The summed E-state index contributed by atoms with van der Waals surface area (Å²) in [5, 5.41) is 12.1. The number of rotatable bonds is 9. The first-order valence-corrected chi connectivity index (χ1v) is 9.86. The third kappa shape index (κ3) is 4.66. The molecule has 1 amide bonds. The van der Waals surface area contributed by atoms with Gasteiger partial charge in [-0.15, -0.1) is 10.2 Å². The number of ether oxygens (including phenoxy) is 2. The van der Waals surface area contributed by atoms with Gasteiger partial charge in [-0.05, 0) is 18.6 Å². The van der Waals surface area contributed by atoms with Crippen LogP contribution in [0.1, 0.15) is 19.2 Å². The predicted molar refractivity (Wildman–Crippen MR) is 108 cm³/mol. The molecule has 2 aromatic heterocycles. The summed E-state index contributed by atoms with van der Waals surface area (Å²) in [6.07, 6.45) is 5.62. The molecule has 0 unspecified atom stereocenters. The van der Waals surface area contributed by atoms with E-state index >= 15 is 0 Å². The number of hydrogen-bond acceptors (Lipinski definition) is 6. The van der Waals surface area contributed by atoms with Crippen molar-refractivity contribution in [2.24, 2.45) is 0 Å². The van der Waals surface area contributed by atoms with Crippen molar-refractivity contribution in [1.29, 1.82) is 0 Å². The molecule has 0 saturated heterocycles. The van der Waals surface area contributed by atoms with E-state index in [1.165, 1.54) is 11.8 Å². The molecule has 0 radical (unpaired) electrons. The molecule has 2 heterocycles. The smallest absolute Gasteiger partial charge is 0.234 e. The van der Waals surface area contributed by atoms with Crippen LogP contribution >= 0.6 is 11.8 Å². The van der Waals surface area contributed by atoms with E-state index in [1.54, 1.807) is 32.4 Å². The SMILES string of the molecule is CCCc1nnc(SCC(=O)Nc2cc(OC)cc(OC)c2)n1-n1cccc1. The number of thioether (sulfide) groups is 1. The standard InChI is InChI=1S/C19H23N5O3S/c1-4-7-17-21-22-19(24(17)23-8-5-6-9-23)28-13-18(25)20-14-10-15(26-2)12-16(11-14)27-3/h5-6,8-12H,4,7,13H2,1-3H3,(H,20,25). The van der Waals surface area contributed by atoms with Crippen LogP contribution in [0.2, 0.25) is 0 Å². The molecular formula is C19H23N5O3S. The van der Waals surface area contributed by atoms with E-state index in [0.717, 1.165) is 18.7 Å². The van der Waals surface area contributed by atoms with Gasteiger partial charge in [0.1, 0.15) is 11.5 Å². The van der Waals surface area contributed by atoms with Crippen molar-refractivity contribution in [3.05, 3.63) is 48.5 Å². The lowest BCUT2D eigenvalue weighted by Crippen LogP contribution is -2.16. The molecule has 0 spiro atoms. The summed E-state index contributed by atoms with van der Waals surface area (Å²) in [5.74, 6) is 2.13. The second-order valence-electron chi connectivity index (χ2n) is 5.96. The normalized spacial score (nSPS) is 10.7. The van der Waals surface area contributed by atoms with Crippen LogP contribution in [0, 0.1) is 0 Å². The largest absolute Gasteiger partial charge is 0.497 e. The fourth-order valence-electron chi connectivity index (χ4n) is 2.66. The lowest BCUT2D eigenvalue weighted by atomic mass is 10.2. The summed E-state index contributed by atoms with van der Waals surface area (Å²) in [6, 6.07) is 9.11. The van der Waals surface area contributed by atoms with E-state index in [4.69, 9.17) is 9.47 Å². The van der Waals surface area contributed by atoms with Crippen molar-refractivity contribution in [3.8, 4) is 11.5 Å². The minimum atomic E-state index is -0.153. The summed E-state index contributed by atoms with van der Waals surface area (Å²) >= 11 is 1.33. The number of carbonyl (C=O) groups is 1. The van der Waals surface area contributed by atoms with Crippen LogP contribution in [0.5, 0.6) is 11.5 Å². The Balaban J connectivity index is 1.70. The Morgan fingerprint density at radius 1 is 1.11 bits per heavy atom. The highest BCUT2D eigenvalue weighted by Gasteiger charge is 2.15. The van der Waals surface area contributed by atoms with E-state index < -0.39 is 0 Å². The molecule has 3 aromatic rings. The van der Waals surface area contributed by atoms with Gasteiger partial charge in [-0.2, -0.15) is 0 Å². The van der Waals surface area contributed by atoms with E-state index in [-0.39, 0.29) is 11.7 Å². The number of methoxy groups -OCH3 is 2. The molecule has 0 aliphatic rings. The number of nitrogens with one attached hydrogen (secondary N) is 1. The number of nitrogens with zero attached hydrogens (tertiary/aromatic N) is 4. The molecule has 3 rings (SSSR count). The minimum absolute atomic E-state index is 0.153. The molecule has 9 heteroatoms. The van der Waals surface area contributed by atoms with E-state index in [0.29, 0.717) is 22.3 Å². The second kappa shape index (κ2) is 9.32. The molecule has 148 valence electrons. The molecule has 0 atom stereocenters. The van der Waals surface area contributed by atoms with Gasteiger partial charge in [-0.25, -0.2) is 4.68 Å². The molecular weight excluding hydrogens is 378 g/mol. The first-order valence-electron chi connectivity index (χ1n) is 8.88. The minimum Gasteiger partial charge on any atom is -0.497 e. The molecule has 0 fully saturated rings. The summed E-state index contributed by atoms with van der Waals surface area (Å²) < 4.78 is 14.3. The number of amides is 1. The third-order valence-corrected chi connectivity index (χ3v) is 4.86. The Kier molecular flexibility index (Phi) is 6.59. The van der Waals surface area contributed by atoms with Gasteiger partial charge in [0.2, 0.25) is 11.1 Å². The molecule has 1 N–H and O–H groups in total. The van der Waals surface area contributed by atoms with Crippen molar-refractivity contribution in [2.75, 3.05) is 25.3 Å². The van der Waals surface area contributed by atoms with E-state index in [2.05, 4.69) is 22.4 Å². The number of hydrogen-bond donors (Lipinski definition) is 1. The number of benzene rings is 1. The fourth-order valence-corrected chi connectivity index (χ4v) is 3.42. The molecule has 0 aliphatic carbocycles. The highest BCUT2D eigenvalue weighted by Crippen LogP contribution is 2.26. The van der Waals surface area contributed by atoms with Gasteiger partial charge in [0.05, 0.1) is 20.0 Å². The van der Waals surface area contributed by atoms with Crippen LogP contribution < -0.4 is 14.8 Å². The first-order chi connectivity index (χ1) is 13.6. The lowest BCUT2D eigenvalue weighted by molar-refractivity contribution is -0.113. The van der Waals surface area contributed by atoms with Gasteiger partial charge in [0.15, 0.2) is 5.82 Å². The summed E-state index contributed by atoms with van der Waals surface area (Å²) in [4.78, 5) is 12.4. The summed E-state index contributed by atoms with van der Waals surface area (Å²) in [5.41, 5.74) is 0.611. The molecule has 28 heavy (non-hydrogen) atoms. The zero-order valence-electron chi connectivity index (χ0n) is 16.1. The van der Waals surface area contributed by atoms with Crippen LogP contribution in [0.3, 0.4) is 0 Å². The van der Waals surface area contributed by atoms with Crippen LogP contribution in [0.15, 0.2) is 47.9 Å². The van der Waals surface area contributed by atoms with E-state index in [1.807, 2.05) is 33.9 Å². The Morgan fingerprint density at radius 2 is 1.79 bits per heavy atom. The van der Waals surface area contributed by atoms with Crippen LogP contribution in [0.4, 0.5) is 5.69 Å². The summed E-state index contributed by atoms with van der Waals surface area (Å²) in [7, 11) is 3.14. The molecule has 0 aliphatic heterocycles. The Hall–Kier alpha value is -2.94. The molecule has 8 nitrogen and oxygen atoms in total. The monoisotopic (exact) mass is 401 g/mol. The van der Waals surface area contributed by atoms with Gasteiger partial charge in [0, 0.05) is 42.7 Å². The maximum atomic E-state index is 12.4. The van der Waals surface area contributed by atoms with Gasteiger partial charge in [-0.1, -0.05) is 18.7 Å². The van der Waals surface area contributed by atoms with Crippen molar-refractivity contribution in [3.63, 3.8) is 0 Å². The average molecular weight is 401 g/mol. The highest BCUT2D eigenvalue weighted by molar-refractivity contribution is 7.99. The zero-order valence-corrected chi connectivity index (χ0v) is 16.9. The molecule has 0 saturated carbocycles. The maximum absolute atomic E-state index is 12.4. The van der Waals surface area contributed by atoms with Gasteiger partial charge in [-0.3, -0.25) is 9.47 Å². The zero-order chi connectivity index (χ0) is 19.9. The Labute approximate surface area is 167 Å². The first kappa shape index (κ1) is 19.8. The second-order valence-corrected chi connectivity index (χ2v) is 6.90. The van der Waals surface area contributed by atoms with Gasteiger partial charge >= 0.3 is 0 Å². The van der Waals surface area contributed by atoms with Crippen molar-refractivity contribution in [2.45, 2.75) is 24.9 Å². The average Bonchev–Trinajstić information content (AvgIpc) is 3.35. The quantitative estimate of drug-likeness (QED) is 0.555. The van der Waals surface area contributed by atoms with Crippen LogP contribution in [-0.2, 0) is 11.2 Å². The van der Waals surface area contributed by atoms with Crippen molar-refractivity contribution < 1.29 is 14.3 Å². The topological polar surface area (TPSA) is 83.2 Å². The van der Waals surface area contributed by atoms with Crippen molar-refractivity contribution >= 4 is 23.4 Å². The number of aryl methyl sites for hydroxylation is 1. The lowest BCUT2D eigenvalue weighted by Gasteiger charge is -2.11. The predicted octanol–water partition coefficient (Wildman–Crippen LogP) is 3.09. The number of carbonyl (C=O) groups excluding carboxylic acids is 1. The Bertz CT molecular complexity index is 902. The highest BCUT2D eigenvalue weighted by atomic mass is 32.2. The van der Waals surface area contributed by atoms with Crippen LogP contribution in [-0.4, -0.2) is 45.4 Å². The maximum Gasteiger partial charge on any atom is 0.234 e. The fraction of sp³-hybridized carbons (Fsp3) is 0.316. The number of anilines is 1. The molecule has 0 bridgehead atoms. The molecule has 1 aromatic carbocycles. The third-order valence-electron chi connectivity index (χ3n) is 3.94. The van der Waals surface area contributed by atoms with Gasteiger partial charge < -0.3 is 14.8 Å².